The van der Waals surface area contributed by atoms with Crippen molar-refractivity contribution in [2.75, 3.05) is 13.7 Å². The van der Waals surface area contributed by atoms with Crippen LogP contribution in [0, 0.1) is 5.82 Å². The predicted octanol–water partition coefficient (Wildman–Crippen LogP) is 1.99. The Balaban J connectivity index is 2.90. The van der Waals surface area contributed by atoms with E-state index in [1.165, 1.54) is 19.2 Å². The van der Waals surface area contributed by atoms with Gasteiger partial charge < -0.3 is 14.6 Å². The predicted molar refractivity (Wildman–Crippen MR) is 63.7 cm³/mol. The molecule has 1 rings (SSSR count). The van der Waals surface area contributed by atoms with Crippen molar-refractivity contribution in [2.24, 2.45) is 0 Å². The molecule has 18 heavy (non-hydrogen) atoms. The maximum atomic E-state index is 13.4. The van der Waals surface area contributed by atoms with Crippen LogP contribution in [0.2, 0.25) is 0 Å². The molecule has 4 nitrogen and oxygen atoms in total. The van der Waals surface area contributed by atoms with Gasteiger partial charge in [0.05, 0.1) is 19.3 Å². The number of methoxy groups -OCH3 is 1. The third-order valence-electron chi connectivity index (χ3n) is 2.36. The van der Waals surface area contributed by atoms with Crippen LogP contribution in [0.4, 0.5) is 4.39 Å². The van der Waals surface area contributed by atoms with Crippen LogP contribution >= 0.6 is 0 Å². The van der Waals surface area contributed by atoms with E-state index in [1.807, 2.05) is 0 Å². The Morgan fingerprint density at radius 3 is 2.72 bits per heavy atom. The average Bonchev–Trinajstić information content (AvgIpc) is 2.37. The molecule has 5 heteroatoms. The van der Waals surface area contributed by atoms with Crippen molar-refractivity contribution in [3.05, 3.63) is 41.7 Å². The summed E-state index contributed by atoms with van der Waals surface area (Å²) < 4.78 is 22.9. The topological polar surface area (TPSA) is 55.8 Å². The highest BCUT2D eigenvalue weighted by Crippen LogP contribution is 2.25. The summed E-state index contributed by atoms with van der Waals surface area (Å²) in [5.74, 6) is -1.26. The maximum Gasteiger partial charge on any atom is 0.336 e. The van der Waals surface area contributed by atoms with Crippen LogP contribution in [0.15, 0.2) is 30.4 Å². The molecular weight excluding hydrogens is 239 g/mol. The standard InChI is InChI=1S/C13H15FO4/c1-4-18-13(16)8(2)12(15)9-5-6-11(17-3)10(14)7-9/h5-7,12,15H,2,4H2,1,3H3. The average molecular weight is 254 g/mol. The molecule has 0 aliphatic rings. The number of benzene rings is 1. The quantitative estimate of drug-likeness (QED) is 0.645. The molecule has 1 atom stereocenters. The van der Waals surface area contributed by atoms with Gasteiger partial charge >= 0.3 is 5.97 Å². The van der Waals surface area contributed by atoms with Gasteiger partial charge in [-0.15, -0.1) is 0 Å². The Morgan fingerprint density at radius 2 is 2.22 bits per heavy atom. The zero-order chi connectivity index (χ0) is 13.7. The van der Waals surface area contributed by atoms with Gasteiger partial charge in [0.1, 0.15) is 6.10 Å². The first kappa shape index (κ1) is 14.2. The number of hydrogen-bond acceptors (Lipinski definition) is 4. The monoisotopic (exact) mass is 254 g/mol. The van der Waals surface area contributed by atoms with E-state index in [0.717, 1.165) is 6.07 Å². The lowest BCUT2D eigenvalue weighted by Crippen LogP contribution is -2.13. The number of aliphatic hydroxyl groups is 1. The van der Waals surface area contributed by atoms with Crippen molar-refractivity contribution >= 4 is 5.97 Å². The Hall–Kier alpha value is -1.88. The van der Waals surface area contributed by atoms with E-state index in [1.54, 1.807) is 6.92 Å². The fraction of sp³-hybridized carbons (Fsp3) is 0.308. The minimum absolute atomic E-state index is 0.0627. The molecule has 1 aromatic rings. The largest absolute Gasteiger partial charge is 0.494 e. The molecule has 0 heterocycles. The molecule has 0 saturated carbocycles. The fourth-order valence-corrected chi connectivity index (χ4v) is 1.39. The van der Waals surface area contributed by atoms with E-state index in [-0.39, 0.29) is 23.5 Å². The zero-order valence-corrected chi connectivity index (χ0v) is 10.3. The molecule has 0 saturated heterocycles. The van der Waals surface area contributed by atoms with Gasteiger partial charge in [-0.25, -0.2) is 9.18 Å². The van der Waals surface area contributed by atoms with Gasteiger partial charge in [-0.1, -0.05) is 12.6 Å². The van der Waals surface area contributed by atoms with Gasteiger partial charge in [0.2, 0.25) is 0 Å². The van der Waals surface area contributed by atoms with Gasteiger partial charge in [0, 0.05) is 0 Å². The number of halogens is 1. The fourth-order valence-electron chi connectivity index (χ4n) is 1.39. The lowest BCUT2D eigenvalue weighted by Gasteiger charge is -2.13. The first-order chi connectivity index (χ1) is 8.51. The van der Waals surface area contributed by atoms with Crippen LogP contribution in [0.1, 0.15) is 18.6 Å². The SMILES string of the molecule is C=C(C(=O)OCC)C(O)c1ccc(OC)c(F)c1. The molecule has 0 spiro atoms. The number of hydrogen-bond donors (Lipinski definition) is 1. The van der Waals surface area contributed by atoms with Crippen molar-refractivity contribution in [1.29, 1.82) is 0 Å². The molecule has 1 N–H and O–H groups in total. The van der Waals surface area contributed by atoms with E-state index >= 15 is 0 Å². The molecule has 0 aliphatic heterocycles. The highest BCUT2D eigenvalue weighted by Gasteiger charge is 2.20. The van der Waals surface area contributed by atoms with E-state index < -0.39 is 17.9 Å². The lowest BCUT2D eigenvalue weighted by molar-refractivity contribution is -0.139. The van der Waals surface area contributed by atoms with Crippen LogP contribution in [0.25, 0.3) is 0 Å². The summed E-state index contributed by atoms with van der Waals surface area (Å²) in [7, 11) is 1.34. The van der Waals surface area contributed by atoms with Gasteiger partial charge in [0.25, 0.3) is 0 Å². The summed E-state index contributed by atoms with van der Waals surface area (Å²) in [5.41, 5.74) is 0.0766. The number of ether oxygens (including phenoxy) is 2. The molecule has 1 aromatic carbocycles. The third-order valence-corrected chi connectivity index (χ3v) is 2.36. The normalized spacial score (nSPS) is 11.8. The van der Waals surface area contributed by atoms with Crippen molar-refractivity contribution in [2.45, 2.75) is 13.0 Å². The second kappa shape index (κ2) is 6.16. The number of aliphatic hydroxyl groups excluding tert-OH is 1. The summed E-state index contributed by atoms with van der Waals surface area (Å²) in [5, 5.41) is 9.87. The van der Waals surface area contributed by atoms with Crippen molar-refractivity contribution in [3.8, 4) is 5.75 Å². The first-order valence-corrected chi connectivity index (χ1v) is 5.38. The Morgan fingerprint density at radius 1 is 1.56 bits per heavy atom. The summed E-state index contributed by atoms with van der Waals surface area (Å²) in [6.45, 7) is 5.27. The van der Waals surface area contributed by atoms with E-state index in [4.69, 9.17) is 9.47 Å². The van der Waals surface area contributed by atoms with Gasteiger partial charge in [0.15, 0.2) is 11.6 Å². The van der Waals surface area contributed by atoms with Crippen molar-refractivity contribution in [3.63, 3.8) is 0 Å². The number of esters is 1. The van der Waals surface area contributed by atoms with Crippen LogP contribution in [0.5, 0.6) is 5.75 Å². The highest BCUT2D eigenvalue weighted by molar-refractivity contribution is 5.89. The molecule has 98 valence electrons. The molecule has 1 unspecified atom stereocenters. The molecule has 0 amide bonds. The van der Waals surface area contributed by atoms with Gasteiger partial charge in [-0.2, -0.15) is 0 Å². The summed E-state index contributed by atoms with van der Waals surface area (Å²) >= 11 is 0. The Labute approximate surface area is 105 Å². The molecule has 0 radical (unpaired) electrons. The molecular formula is C13H15FO4. The van der Waals surface area contributed by atoms with Gasteiger partial charge in [-0.05, 0) is 24.6 Å². The Kier molecular flexibility index (Phi) is 4.85. The smallest absolute Gasteiger partial charge is 0.336 e. The van der Waals surface area contributed by atoms with E-state index in [0.29, 0.717) is 0 Å². The molecule has 0 aliphatic carbocycles. The number of rotatable bonds is 5. The van der Waals surface area contributed by atoms with E-state index in [2.05, 4.69) is 6.58 Å². The van der Waals surface area contributed by atoms with Crippen LogP contribution in [0.3, 0.4) is 0 Å². The minimum Gasteiger partial charge on any atom is -0.494 e. The Bertz CT molecular complexity index is 456. The van der Waals surface area contributed by atoms with Crippen molar-refractivity contribution < 1.29 is 23.8 Å². The minimum atomic E-state index is -1.30. The lowest BCUT2D eigenvalue weighted by atomic mass is 10.0. The number of carbonyl (C=O) groups is 1. The van der Waals surface area contributed by atoms with Crippen LogP contribution in [-0.4, -0.2) is 24.8 Å². The highest BCUT2D eigenvalue weighted by atomic mass is 19.1. The molecule has 0 fully saturated rings. The van der Waals surface area contributed by atoms with Crippen molar-refractivity contribution in [1.82, 2.24) is 0 Å². The second-order valence-corrected chi connectivity index (χ2v) is 3.54. The first-order valence-electron chi connectivity index (χ1n) is 5.38. The van der Waals surface area contributed by atoms with E-state index in [9.17, 15) is 14.3 Å². The third kappa shape index (κ3) is 3.07. The summed E-state index contributed by atoms with van der Waals surface area (Å²) in [6.07, 6.45) is -1.30. The maximum absolute atomic E-state index is 13.4. The van der Waals surface area contributed by atoms with Crippen LogP contribution < -0.4 is 4.74 Å². The second-order valence-electron chi connectivity index (χ2n) is 3.54. The number of carbonyl (C=O) groups excluding carboxylic acids is 1. The summed E-state index contributed by atoms with van der Waals surface area (Å²) in [4.78, 5) is 11.4. The van der Waals surface area contributed by atoms with Gasteiger partial charge in [-0.3, -0.25) is 0 Å². The zero-order valence-electron chi connectivity index (χ0n) is 10.3. The molecule has 0 bridgehead atoms. The summed E-state index contributed by atoms with van der Waals surface area (Å²) in [6, 6.07) is 3.91. The van der Waals surface area contributed by atoms with Crippen LogP contribution in [-0.2, 0) is 9.53 Å². The molecule has 0 aromatic heterocycles.